The van der Waals surface area contributed by atoms with Crippen molar-refractivity contribution in [1.29, 1.82) is 5.26 Å². The van der Waals surface area contributed by atoms with E-state index in [4.69, 9.17) is 9.47 Å². The maximum absolute atomic E-state index is 13.0. The van der Waals surface area contributed by atoms with E-state index in [0.717, 1.165) is 13.1 Å². The van der Waals surface area contributed by atoms with Gasteiger partial charge in [-0.05, 0) is 31.7 Å². The topological polar surface area (TPSA) is 94.9 Å². The summed E-state index contributed by atoms with van der Waals surface area (Å²) in [5.74, 6) is -0.391. The van der Waals surface area contributed by atoms with Crippen LogP contribution in [0.5, 0.6) is 0 Å². The normalized spacial score (nSPS) is 21.8. The first kappa shape index (κ1) is 21.5. The van der Waals surface area contributed by atoms with Crippen molar-refractivity contribution >= 4 is 12.0 Å². The summed E-state index contributed by atoms with van der Waals surface area (Å²) >= 11 is 0. The Morgan fingerprint density at radius 3 is 2.33 bits per heavy atom. The van der Waals surface area contributed by atoms with Crippen LogP contribution in [0.25, 0.3) is 0 Å². The Morgan fingerprint density at radius 2 is 1.81 bits per heavy atom. The molecule has 0 aliphatic carbocycles. The van der Waals surface area contributed by atoms with Crippen molar-refractivity contribution in [3.05, 3.63) is 0 Å². The second kappa shape index (κ2) is 8.89. The van der Waals surface area contributed by atoms with Gasteiger partial charge in [-0.1, -0.05) is 20.8 Å². The minimum atomic E-state index is -0.926. The molecule has 1 unspecified atom stereocenters. The van der Waals surface area contributed by atoms with Crippen molar-refractivity contribution in [3.63, 3.8) is 0 Å². The van der Waals surface area contributed by atoms with Gasteiger partial charge in [-0.2, -0.15) is 5.26 Å². The molecule has 2 heterocycles. The van der Waals surface area contributed by atoms with Crippen LogP contribution in [0.4, 0.5) is 4.79 Å². The number of carbonyl (C=O) groups is 2. The lowest BCUT2D eigenvalue weighted by Crippen LogP contribution is -2.57. The van der Waals surface area contributed by atoms with E-state index >= 15 is 0 Å². The Balaban J connectivity index is 2.06. The third-order valence-corrected chi connectivity index (χ3v) is 5.02. The smallest absolute Gasteiger partial charge is 0.410 e. The molecule has 1 N–H and O–H groups in total. The number of hydrogen-bond donors (Lipinski definition) is 1. The second-order valence-corrected chi connectivity index (χ2v) is 8.72. The van der Waals surface area contributed by atoms with Crippen molar-refractivity contribution in [2.75, 3.05) is 46.4 Å². The van der Waals surface area contributed by atoms with Crippen molar-refractivity contribution in [2.45, 2.75) is 51.7 Å². The van der Waals surface area contributed by atoms with Crippen LogP contribution >= 0.6 is 0 Å². The fraction of sp³-hybridized carbons (Fsp3) is 0.842. The Labute approximate surface area is 161 Å². The molecular weight excluding hydrogens is 348 g/mol. The van der Waals surface area contributed by atoms with E-state index in [-0.39, 0.29) is 5.41 Å². The predicted molar refractivity (Wildman–Crippen MR) is 100.0 cm³/mol. The maximum atomic E-state index is 13.0. The number of nitrogens with zero attached hydrogens (tertiary/aromatic N) is 3. The summed E-state index contributed by atoms with van der Waals surface area (Å²) in [5.41, 5.74) is -1.11. The van der Waals surface area contributed by atoms with Crippen LogP contribution in [0.15, 0.2) is 0 Å². The molecule has 2 fully saturated rings. The quantitative estimate of drug-likeness (QED) is 0.791. The van der Waals surface area contributed by atoms with Crippen LogP contribution in [-0.4, -0.2) is 79.9 Å². The molecule has 27 heavy (non-hydrogen) atoms. The molecule has 0 spiro atoms. The summed E-state index contributed by atoms with van der Waals surface area (Å²) in [6.07, 6.45) is 0.0786. The summed E-state index contributed by atoms with van der Waals surface area (Å²) in [6, 6.07) is 2.28. The van der Waals surface area contributed by atoms with Gasteiger partial charge in [0.15, 0.2) is 6.10 Å². The van der Waals surface area contributed by atoms with Crippen LogP contribution in [0.1, 0.15) is 40.0 Å². The molecule has 8 heteroatoms. The lowest BCUT2D eigenvalue weighted by molar-refractivity contribution is -0.133. The Morgan fingerprint density at radius 1 is 1.22 bits per heavy atom. The minimum Gasteiger partial charge on any atom is -0.436 e. The molecule has 2 aliphatic rings. The molecule has 0 radical (unpaired) electrons. The molecule has 0 aromatic rings. The maximum Gasteiger partial charge on any atom is 0.410 e. The van der Waals surface area contributed by atoms with Gasteiger partial charge in [0.2, 0.25) is 0 Å². The van der Waals surface area contributed by atoms with Gasteiger partial charge >= 0.3 is 6.09 Å². The zero-order valence-electron chi connectivity index (χ0n) is 16.9. The highest BCUT2D eigenvalue weighted by Crippen LogP contribution is 2.25. The predicted octanol–water partition coefficient (Wildman–Crippen LogP) is 1.36. The van der Waals surface area contributed by atoms with E-state index in [2.05, 4.69) is 16.3 Å². The summed E-state index contributed by atoms with van der Waals surface area (Å²) in [4.78, 5) is 29.1. The summed E-state index contributed by atoms with van der Waals surface area (Å²) in [6.45, 7) is 9.31. The number of nitrogens with one attached hydrogen (secondary N) is 1. The number of rotatable bonds is 4. The van der Waals surface area contributed by atoms with E-state index in [1.165, 1.54) is 0 Å². The number of piperidine rings is 1. The Bertz CT molecular complexity index is 567. The fourth-order valence-corrected chi connectivity index (χ4v) is 3.27. The molecule has 0 aromatic carbocycles. The van der Waals surface area contributed by atoms with Gasteiger partial charge in [0, 0.05) is 26.2 Å². The minimum absolute atomic E-state index is 0.208. The Hall–Kier alpha value is -1.85. The lowest BCUT2D eigenvalue weighted by atomic mass is 9.86. The average molecular weight is 380 g/mol. The molecule has 8 nitrogen and oxygen atoms in total. The molecule has 2 amide bonds. The number of morpholine rings is 1. The van der Waals surface area contributed by atoms with E-state index in [1.807, 2.05) is 27.8 Å². The summed E-state index contributed by atoms with van der Waals surface area (Å²) in [7, 11) is 2.00. The molecule has 0 saturated carbocycles. The van der Waals surface area contributed by atoms with Gasteiger partial charge < -0.3 is 24.6 Å². The molecular formula is C19H32N4O4. The summed E-state index contributed by atoms with van der Waals surface area (Å²) in [5, 5.41) is 12.6. The largest absolute Gasteiger partial charge is 0.436 e. The highest BCUT2D eigenvalue weighted by atomic mass is 16.6. The average Bonchev–Trinajstić information content (AvgIpc) is 2.63. The molecule has 2 saturated heterocycles. The Kier molecular flexibility index (Phi) is 7.06. The van der Waals surface area contributed by atoms with E-state index in [0.29, 0.717) is 45.6 Å². The zero-order valence-corrected chi connectivity index (χ0v) is 16.9. The number of carbonyl (C=O) groups excluding carboxylic acids is 2. The van der Waals surface area contributed by atoms with Crippen molar-refractivity contribution in [2.24, 2.45) is 5.41 Å². The monoisotopic (exact) mass is 380 g/mol. The van der Waals surface area contributed by atoms with Gasteiger partial charge in [-0.25, -0.2) is 4.79 Å². The first-order chi connectivity index (χ1) is 12.6. The van der Waals surface area contributed by atoms with Gasteiger partial charge in [0.05, 0.1) is 19.3 Å². The van der Waals surface area contributed by atoms with Crippen LogP contribution < -0.4 is 5.32 Å². The number of nitriles is 1. The van der Waals surface area contributed by atoms with Crippen LogP contribution in [0, 0.1) is 16.7 Å². The second-order valence-electron chi connectivity index (χ2n) is 8.72. The zero-order chi connectivity index (χ0) is 20.1. The molecule has 0 bridgehead atoms. The third kappa shape index (κ3) is 6.36. The summed E-state index contributed by atoms with van der Waals surface area (Å²) < 4.78 is 10.8. The van der Waals surface area contributed by atoms with E-state index in [9.17, 15) is 14.9 Å². The SMILES string of the molecule is CN1CCC(C#N)(NC(=O)C(CC(C)(C)C)OC(=O)N2CCOCC2)CC1. The standard InChI is InChI=1S/C19H32N4O4/c1-18(2,3)13-15(27-17(25)23-9-11-26-12-10-23)16(24)21-19(14-20)5-7-22(4)8-6-19/h15H,5-13H2,1-4H3,(H,21,24). The van der Waals surface area contributed by atoms with Gasteiger partial charge in [-0.3, -0.25) is 4.79 Å². The van der Waals surface area contributed by atoms with Gasteiger partial charge in [0.25, 0.3) is 5.91 Å². The third-order valence-electron chi connectivity index (χ3n) is 5.02. The lowest BCUT2D eigenvalue weighted by Gasteiger charge is -2.37. The number of ether oxygens (including phenoxy) is 2. The molecule has 1 atom stereocenters. The van der Waals surface area contributed by atoms with Gasteiger partial charge in [0.1, 0.15) is 5.54 Å². The van der Waals surface area contributed by atoms with Crippen LogP contribution in [0.3, 0.4) is 0 Å². The van der Waals surface area contributed by atoms with Crippen molar-refractivity contribution < 1.29 is 19.1 Å². The fourth-order valence-electron chi connectivity index (χ4n) is 3.27. The highest BCUT2D eigenvalue weighted by molar-refractivity contribution is 5.84. The van der Waals surface area contributed by atoms with Crippen LogP contribution in [0.2, 0.25) is 0 Å². The van der Waals surface area contributed by atoms with Crippen LogP contribution in [-0.2, 0) is 14.3 Å². The molecule has 0 aromatic heterocycles. The number of amides is 2. The number of likely N-dealkylation sites (tertiary alicyclic amines) is 1. The molecule has 2 aliphatic heterocycles. The number of hydrogen-bond acceptors (Lipinski definition) is 6. The van der Waals surface area contributed by atoms with Crippen molar-refractivity contribution in [1.82, 2.24) is 15.1 Å². The first-order valence-electron chi connectivity index (χ1n) is 9.59. The molecule has 152 valence electrons. The van der Waals surface area contributed by atoms with Crippen molar-refractivity contribution in [3.8, 4) is 6.07 Å². The van der Waals surface area contributed by atoms with E-state index in [1.54, 1.807) is 4.90 Å². The van der Waals surface area contributed by atoms with E-state index < -0.39 is 23.6 Å². The first-order valence-corrected chi connectivity index (χ1v) is 9.59. The highest BCUT2D eigenvalue weighted by Gasteiger charge is 2.39. The molecule has 2 rings (SSSR count). The van der Waals surface area contributed by atoms with Gasteiger partial charge in [-0.15, -0.1) is 0 Å².